The average molecular weight is 357 g/mol. The molecule has 0 aliphatic rings. The molecule has 0 aliphatic heterocycles. The van der Waals surface area contributed by atoms with E-state index in [0.29, 0.717) is 28.8 Å². The first kappa shape index (κ1) is 17.0. The number of halogens is 2. The van der Waals surface area contributed by atoms with Gasteiger partial charge < -0.3 is 9.84 Å². The molecular weight excluding hydrogens is 343 g/mol. The number of hydrogen-bond acceptors (Lipinski definition) is 3. The monoisotopic (exact) mass is 356 g/mol. The molecule has 0 fully saturated rings. The summed E-state index contributed by atoms with van der Waals surface area (Å²) in [6.45, 7) is 0.401. The van der Waals surface area contributed by atoms with Gasteiger partial charge in [-0.2, -0.15) is 0 Å². The summed E-state index contributed by atoms with van der Waals surface area (Å²) in [5.41, 5.74) is 1.14. The average Bonchev–Trinajstić information content (AvgIpc) is 2.49. The van der Waals surface area contributed by atoms with Gasteiger partial charge in [-0.3, -0.25) is 0 Å². The number of rotatable bonds is 6. The summed E-state index contributed by atoms with van der Waals surface area (Å²) in [6, 6.07) is 10.2. The Hall–Kier alpha value is -1.36. The third-order valence-electron chi connectivity index (χ3n) is 3.05. The van der Waals surface area contributed by atoms with Gasteiger partial charge in [0.05, 0.1) is 12.2 Å². The van der Waals surface area contributed by atoms with Gasteiger partial charge in [0.1, 0.15) is 5.75 Å². The van der Waals surface area contributed by atoms with Crippen molar-refractivity contribution in [3.8, 4) is 5.75 Å². The van der Waals surface area contributed by atoms with Gasteiger partial charge in [0, 0.05) is 21.4 Å². The molecule has 0 spiro atoms. The van der Waals surface area contributed by atoms with Crippen molar-refractivity contribution in [2.45, 2.75) is 11.3 Å². The molecule has 0 unspecified atom stereocenters. The Morgan fingerprint density at radius 3 is 2.64 bits per heavy atom. The van der Waals surface area contributed by atoms with Gasteiger partial charge >= 0.3 is 5.97 Å². The van der Waals surface area contributed by atoms with Crippen LogP contribution in [-0.2, 0) is 6.42 Å². The molecule has 2 aromatic carbocycles. The second-order valence-corrected chi connectivity index (χ2v) is 6.20. The molecule has 1 N–H and O–H groups in total. The summed E-state index contributed by atoms with van der Waals surface area (Å²) < 4.78 is 5.73. The van der Waals surface area contributed by atoms with E-state index in [1.165, 1.54) is 17.8 Å². The number of ether oxygens (including phenoxy) is 1. The van der Waals surface area contributed by atoms with Crippen molar-refractivity contribution in [3.05, 3.63) is 57.6 Å². The molecule has 0 saturated carbocycles. The van der Waals surface area contributed by atoms with E-state index in [-0.39, 0.29) is 5.56 Å². The van der Waals surface area contributed by atoms with E-state index < -0.39 is 5.97 Å². The Labute approximate surface area is 143 Å². The molecule has 0 aromatic heterocycles. The Morgan fingerprint density at radius 1 is 1.23 bits per heavy atom. The molecular formula is C16H14Cl2O3S. The lowest BCUT2D eigenvalue weighted by Gasteiger charge is -2.11. The van der Waals surface area contributed by atoms with Crippen LogP contribution in [0.25, 0.3) is 0 Å². The quantitative estimate of drug-likeness (QED) is 0.736. The number of thioether (sulfide) groups is 1. The van der Waals surface area contributed by atoms with E-state index in [4.69, 9.17) is 33.0 Å². The summed E-state index contributed by atoms with van der Waals surface area (Å²) in [4.78, 5) is 11.9. The molecule has 0 bridgehead atoms. The van der Waals surface area contributed by atoms with Crippen molar-refractivity contribution < 1.29 is 14.6 Å². The first-order valence-electron chi connectivity index (χ1n) is 6.49. The van der Waals surface area contributed by atoms with Crippen LogP contribution in [0.3, 0.4) is 0 Å². The fraction of sp³-hybridized carbons (Fsp3) is 0.188. The third-order valence-corrected chi connectivity index (χ3v) is 4.42. The Balaban J connectivity index is 2.07. The highest BCUT2D eigenvalue weighted by atomic mass is 35.5. The van der Waals surface area contributed by atoms with Crippen LogP contribution in [0.1, 0.15) is 15.9 Å². The van der Waals surface area contributed by atoms with Gasteiger partial charge in [-0.1, -0.05) is 29.3 Å². The van der Waals surface area contributed by atoms with E-state index in [2.05, 4.69) is 0 Å². The highest BCUT2D eigenvalue weighted by molar-refractivity contribution is 7.98. The van der Waals surface area contributed by atoms with Gasteiger partial charge in [-0.15, -0.1) is 11.8 Å². The minimum Gasteiger partial charge on any atom is -0.492 e. The zero-order chi connectivity index (χ0) is 16.1. The highest BCUT2D eigenvalue weighted by Gasteiger charge is 2.09. The van der Waals surface area contributed by atoms with Gasteiger partial charge in [-0.05, 0) is 42.2 Å². The standard InChI is InChI=1S/C16H14Cl2O3S/c1-22-15-5-3-11(16(19)20)8-14(15)21-7-6-10-2-4-12(17)9-13(10)18/h2-5,8-9H,6-7H2,1H3,(H,19,20). The minimum absolute atomic E-state index is 0.206. The number of aromatic carboxylic acids is 1. The first-order valence-corrected chi connectivity index (χ1v) is 8.47. The molecule has 22 heavy (non-hydrogen) atoms. The maximum Gasteiger partial charge on any atom is 0.335 e. The van der Waals surface area contributed by atoms with E-state index in [1.807, 2.05) is 12.3 Å². The molecule has 2 rings (SSSR count). The molecule has 0 aliphatic carbocycles. The van der Waals surface area contributed by atoms with Crippen molar-refractivity contribution in [2.75, 3.05) is 12.9 Å². The molecule has 0 amide bonds. The topological polar surface area (TPSA) is 46.5 Å². The molecule has 3 nitrogen and oxygen atoms in total. The highest BCUT2D eigenvalue weighted by Crippen LogP contribution is 2.29. The van der Waals surface area contributed by atoms with Crippen molar-refractivity contribution in [1.82, 2.24) is 0 Å². The molecule has 0 radical (unpaired) electrons. The first-order chi connectivity index (χ1) is 10.5. The van der Waals surface area contributed by atoms with Crippen LogP contribution in [0, 0.1) is 0 Å². The molecule has 2 aromatic rings. The van der Waals surface area contributed by atoms with E-state index >= 15 is 0 Å². The Kier molecular flexibility index (Phi) is 6.00. The maximum atomic E-state index is 11.0. The predicted octanol–water partition coefficient (Wildman–Crippen LogP) is 5.04. The summed E-state index contributed by atoms with van der Waals surface area (Å²) >= 11 is 13.5. The summed E-state index contributed by atoms with van der Waals surface area (Å²) in [5, 5.41) is 10.2. The van der Waals surface area contributed by atoms with Crippen LogP contribution in [0.5, 0.6) is 5.75 Å². The van der Waals surface area contributed by atoms with Crippen LogP contribution in [0.2, 0.25) is 10.0 Å². The second-order valence-electron chi connectivity index (χ2n) is 4.50. The lowest BCUT2D eigenvalue weighted by Crippen LogP contribution is -2.04. The van der Waals surface area contributed by atoms with Crippen LogP contribution in [0.4, 0.5) is 0 Å². The zero-order valence-electron chi connectivity index (χ0n) is 11.8. The number of carboxylic acids is 1. The predicted molar refractivity (Wildman–Crippen MR) is 90.8 cm³/mol. The molecule has 0 saturated heterocycles. The fourth-order valence-corrected chi connectivity index (χ4v) is 2.94. The molecule has 0 heterocycles. The number of hydrogen-bond donors (Lipinski definition) is 1. The number of carbonyl (C=O) groups is 1. The molecule has 6 heteroatoms. The van der Waals surface area contributed by atoms with Gasteiger partial charge in [0.2, 0.25) is 0 Å². The summed E-state index contributed by atoms with van der Waals surface area (Å²) in [5.74, 6) is -0.407. The summed E-state index contributed by atoms with van der Waals surface area (Å²) in [7, 11) is 0. The van der Waals surface area contributed by atoms with Gasteiger partial charge in [0.25, 0.3) is 0 Å². The zero-order valence-corrected chi connectivity index (χ0v) is 14.1. The normalized spacial score (nSPS) is 10.5. The van der Waals surface area contributed by atoms with Gasteiger partial charge in [0.15, 0.2) is 0 Å². The maximum absolute atomic E-state index is 11.0. The van der Waals surface area contributed by atoms with Crippen LogP contribution < -0.4 is 4.74 Å². The van der Waals surface area contributed by atoms with Crippen LogP contribution >= 0.6 is 35.0 Å². The SMILES string of the molecule is CSc1ccc(C(=O)O)cc1OCCc1ccc(Cl)cc1Cl. The fourth-order valence-electron chi connectivity index (χ4n) is 1.92. The Morgan fingerprint density at radius 2 is 2.00 bits per heavy atom. The van der Waals surface area contributed by atoms with Crippen molar-refractivity contribution in [1.29, 1.82) is 0 Å². The molecule has 116 valence electrons. The van der Waals surface area contributed by atoms with Crippen molar-refractivity contribution in [3.63, 3.8) is 0 Å². The third kappa shape index (κ3) is 4.32. The lowest BCUT2D eigenvalue weighted by molar-refractivity contribution is 0.0696. The number of carboxylic acid groups (broad SMARTS) is 1. The largest absolute Gasteiger partial charge is 0.492 e. The Bertz CT molecular complexity index is 689. The van der Waals surface area contributed by atoms with E-state index in [0.717, 1.165) is 10.5 Å². The van der Waals surface area contributed by atoms with E-state index in [9.17, 15) is 4.79 Å². The van der Waals surface area contributed by atoms with E-state index in [1.54, 1.807) is 24.3 Å². The van der Waals surface area contributed by atoms with Crippen molar-refractivity contribution >= 4 is 40.9 Å². The number of benzene rings is 2. The van der Waals surface area contributed by atoms with Crippen molar-refractivity contribution in [2.24, 2.45) is 0 Å². The minimum atomic E-state index is -0.974. The second kappa shape index (κ2) is 7.77. The van der Waals surface area contributed by atoms with Gasteiger partial charge in [-0.25, -0.2) is 4.79 Å². The van der Waals surface area contributed by atoms with Crippen LogP contribution in [0.15, 0.2) is 41.3 Å². The lowest BCUT2D eigenvalue weighted by atomic mass is 10.1. The smallest absolute Gasteiger partial charge is 0.335 e. The summed E-state index contributed by atoms with van der Waals surface area (Å²) in [6.07, 6.45) is 2.53. The molecule has 0 atom stereocenters. The van der Waals surface area contributed by atoms with Crippen LogP contribution in [-0.4, -0.2) is 23.9 Å².